The van der Waals surface area contributed by atoms with Crippen molar-refractivity contribution in [1.29, 1.82) is 0 Å². The standard InChI is InChI=1S/C21H20ClF2NO2/c1-3-10-21(16-5-7-17(23)8-6-16)11-12-25(20(26)27-21)14(2)15-4-9-18(22)19(24)13-15/h3-9,13-14H,1,10-12H2,2H3. The summed E-state index contributed by atoms with van der Waals surface area (Å²) in [6.45, 7) is 5.97. The summed E-state index contributed by atoms with van der Waals surface area (Å²) in [6, 6.07) is 10.1. The molecule has 0 aromatic heterocycles. The van der Waals surface area contributed by atoms with E-state index in [9.17, 15) is 13.6 Å². The summed E-state index contributed by atoms with van der Waals surface area (Å²) in [4.78, 5) is 14.3. The third kappa shape index (κ3) is 3.83. The Hall–Kier alpha value is -2.40. The van der Waals surface area contributed by atoms with Crippen molar-refractivity contribution in [1.82, 2.24) is 4.90 Å². The molecule has 1 heterocycles. The lowest BCUT2D eigenvalue weighted by Gasteiger charge is -2.43. The molecule has 1 saturated heterocycles. The normalized spacial score (nSPS) is 20.9. The molecule has 6 heteroatoms. The number of carbonyl (C=O) groups excluding carboxylic acids is 1. The van der Waals surface area contributed by atoms with Gasteiger partial charge in [0.2, 0.25) is 0 Å². The first-order valence-electron chi connectivity index (χ1n) is 8.68. The van der Waals surface area contributed by atoms with Gasteiger partial charge in [-0.25, -0.2) is 13.6 Å². The van der Waals surface area contributed by atoms with Crippen LogP contribution in [0.4, 0.5) is 13.6 Å². The lowest BCUT2D eigenvalue weighted by molar-refractivity contribution is -0.0589. The minimum absolute atomic E-state index is 0.0356. The van der Waals surface area contributed by atoms with Gasteiger partial charge in [-0.2, -0.15) is 0 Å². The molecule has 2 aromatic carbocycles. The maximum atomic E-state index is 13.8. The number of amides is 1. The SMILES string of the molecule is C=CCC1(c2ccc(F)cc2)CCN(C(C)c2ccc(Cl)c(F)c2)C(=O)O1. The summed E-state index contributed by atoms with van der Waals surface area (Å²) < 4.78 is 32.9. The van der Waals surface area contributed by atoms with Gasteiger partial charge in [0.1, 0.15) is 17.2 Å². The number of benzene rings is 2. The summed E-state index contributed by atoms with van der Waals surface area (Å²) in [7, 11) is 0. The van der Waals surface area contributed by atoms with Crippen molar-refractivity contribution in [2.24, 2.45) is 0 Å². The van der Waals surface area contributed by atoms with Crippen LogP contribution in [0.1, 0.15) is 36.9 Å². The molecule has 1 aliphatic heterocycles. The monoisotopic (exact) mass is 391 g/mol. The van der Waals surface area contributed by atoms with Crippen LogP contribution < -0.4 is 0 Å². The highest BCUT2D eigenvalue weighted by atomic mass is 35.5. The lowest BCUT2D eigenvalue weighted by atomic mass is 9.85. The summed E-state index contributed by atoms with van der Waals surface area (Å²) in [6.07, 6.45) is 2.11. The van der Waals surface area contributed by atoms with Crippen LogP contribution in [0.5, 0.6) is 0 Å². The van der Waals surface area contributed by atoms with Crippen LogP contribution in [0.2, 0.25) is 5.02 Å². The van der Waals surface area contributed by atoms with Gasteiger partial charge in [-0.15, -0.1) is 6.58 Å². The Kier molecular flexibility index (Phi) is 5.51. The largest absolute Gasteiger partial charge is 0.437 e. The number of carbonyl (C=O) groups is 1. The van der Waals surface area contributed by atoms with Gasteiger partial charge in [0, 0.05) is 19.4 Å². The van der Waals surface area contributed by atoms with Crippen molar-refractivity contribution in [2.45, 2.75) is 31.4 Å². The van der Waals surface area contributed by atoms with E-state index in [2.05, 4.69) is 6.58 Å². The number of nitrogens with zero attached hydrogens (tertiary/aromatic N) is 1. The van der Waals surface area contributed by atoms with Crippen molar-refractivity contribution >= 4 is 17.7 Å². The molecular formula is C21H20ClF2NO2. The van der Waals surface area contributed by atoms with Crippen LogP contribution >= 0.6 is 11.6 Å². The molecule has 0 spiro atoms. The maximum absolute atomic E-state index is 13.8. The van der Waals surface area contributed by atoms with Gasteiger partial charge in [-0.05, 0) is 42.3 Å². The Morgan fingerprint density at radius 2 is 2.00 bits per heavy atom. The number of cyclic esters (lactones) is 1. The minimum Gasteiger partial charge on any atom is -0.437 e. The quantitative estimate of drug-likeness (QED) is 0.585. The molecule has 0 N–H and O–H groups in total. The molecule has 1 amide bonds. The lowest BCUT2D eigenvalue weighted by Crippen LogP contribution is -2.48. The second-order valence-electron chi connectivity index (χ2n) is 6.65. The fourth-order valence-corrected chi connectivity index (χ4v) is 3.54. The van der Waals surface area contributed by atoms with E-state index in [-0.39, 0.29) is 16.9 Å². The minimum atomic E-state index is -0.881. The molecule has 3 rings (SSSR count). The summed E-state index contributed by atoms with van der Waals surface area (Å²) in [5.74, 6) is -0.881. The molecule has 2 aromatic rings. The van der Waals surface area contributed by atoms with E-state index >= 15 is 0 Å². The smallest absolute Gasteiger partial charge is 0.411 e. The molecule has 0 aliphatic carbocycles. The Balaban J connectivity index is 1.84. The van der Waals surface area contributed by atoms with E-state index < -0.39 is 17.5 Å². The second kappa shape index (κ2) is 7.69. The molecule has 0 saturated carbocycles. The number of halogens is 3. The van der Waals surface area contributed by atoms with Gasteiger partial charge in [-0.3, -0.25) is 0 Å². The van der Waals surface area contributed by atoms with Crippen LogP contribution in [-0.2, 0) is 10.3 Å². The molecule has 2 unspecified atom stereocenters. The van der Waals surface area contributed by atoms with E-state index in [1.165, 1.54) is 24.3 Å². The number of hydrogen-bond acceptors (Lipinski definition) is 2. The number of hydrogen-bond donors (Lipinski definition) is 0. The third-order valence-electron chi connectivity index (χ3n) is 5.01. The van der Waals surface area contributed by atoms with Crippen molar-refractivity contribution in [2.75, 3.05) is 6.54 Å². The fraction of sp³-hybridized carbons (Fsp3) is 0.286. The average molecular weight is 392 g/mol. The number of rotatable bonds is 5. The van der Waals surface area contributed by atoms with E-state index in [0.717, 1.165) is 5.56 Å². The zero-order chi connectivity index (χ0) is 19.6. The first-order valence-corrected chi connectivity index (χ1v) is 9.05. The number of ether oxygens (including phenoxy) is 1. The average Bonchev–Trinajstić information content (AvgIpc) is 2.64. The molecule has 27 heavy (non-hydrogen) atoms. The van der Waals surface area contributed by atoms with Crippen LogP contribution in [0.15, 0.2) is 55.1 Å². The Labute approximate surface area is 162 Å². The summed E-state index contributed by atoms with van der Waals surface area (Å²) in [5.41, 5.74) is 0.474. The zero-order valence-electron chi connectivity index (χ0n) is 14.9. The Morgan fingerprint density at radius 1 is 1.30 bits per heavy atom. The summed E-state index contributed by atoms with van der Waals surface area (Å²) >= 11 is 5.73. The van der Waals surface area contributed by atoms with Crippen LogP contribution in [0.3, 0.4) is 0 Å². The van der Waals surface area contributed by atoms with E-state index in [1.807, 2.05) is 6.92 Å². The highest BCUT2D eigenvalue weighted by molar-refractivity contribution is 6.30. The molecule has 0 bridgehead atoms. The first kappa shape index (κ1) is 19.4. The van der Waals surface area contributed by atoms with Gasteiger partial charge in [0.25, 0.3) is 0 Å². The fourth-order valence-electron chi connectivity index (χ4n) is 3.42. The van der Waals surface area contributed by atoms with Gasteiger partial charge < -0.3 is 9.64 Å². The first-order chi connectivity index (χ1) is 12.9. The Bertz CT molecular complexity index is 856. The van der Waals surface area contributed by atoms with Crippen LogP contribution in [-0.4, -0.2) is 17.5 Å². The van der Waals surface area contributed by atoms with Crippen molar-refractivity contribution in [3.63, 3.8) is 0 Å². The highest BCUT2D eigenvalue weighted by Crippen LogP contribution is 2.40. The van der Waals surface area contributed by atoms with Gasteiger partial charge in [0.05, 0.1) is 11.1 Å². The van der Waals surface area contributed by atoms with E-state index in [4.69, 9.17) is 16.3 Å². The molecular weight excluding hydrogens is 372 g/mol. The van der Waals surface area contributed by atoms with E-state index in [0.29, 0.717) is 24.9 Å². The molecule has 0 radical (unpaired) electrons. The van der Waals surface area contributed by atoms with Crippen LogP contribution in [0, 0.1) is 11.6 Å². The predicted octanol–water partition coefficient (Wildman–Crippen LogP) is 5.99. The third-order valence-corrected chi connectivity index (χ3v) is 5.32. The van der Waals surface area contributed by atoms with Crippen LogP contribution in [0.25, 0.3) is 0 Å². The van der Waals surface area contributed by atoms with Crippen molar-refractivity contribution < 1.29 is 18.3 Å². The summed E-state index contributed by atoms with van der Waals surface area (Å²) in [5, 5.41) is 0.0356. The van der Waals surface area contributed by atoms with Gasteiger partial charge in [-0.1, -0.05) is 35.9 Å². The van der Waals surface area contributed by atoms with Crippen molar-refractivity contribution in [3.05, 3.63) is 82.9 Å². The molecule has 1 aliphatic rings. The van der Waals surface area contributed by atoms with E-state index in [1.54, 1.807) is 29.2 Å². The highest BCUT2D eigenvalue weighted by Gasteiger charge is 2.42. The van der Waals surface area contributed by atoms with Gasteiger partial charge >= 0.3 is 6.09 Å². The molecule has 3 nitrogen and oxygen atoms in total. The topological polar surface area (TPSA) is 29.5 Å². The zero-order valence-corrected chi connectivity index (χ0v) is 15.7. The predicted molar refractivity (Wildman–Crippen MR) is 101 cm³/mol. The van der Waals surface area contributed by atoms with Gasteiger partial charge in [0.15, 0.2) is 0 Å². The maximum Gasteiger partial charge on any atom is 0.411 e. The Morgan fingerprint density at radius 3 is 2.59 bits per heavy atom. The second-order valence-corrected chi connectivity index (χ2v) is 7.06. The van der Waals surface area contributed by atoms with Crippen molar-refractivity contribution in [3.8, 4) is 0 Å². The molecule has 1 fully saturated rings. The molecule has 2 atom stereocenters. The molecule has 142 valence electrons.